The number of benzene rings is 6. The van der Waals surface area contributed by atoms with Gasteiger partial charge in [0.05, 0.1) is 11.4 Å². The minimum atomic E-state index is -3.52. The largest absolute Gasteiger partial charge is 0.353 e. The van der Waals surface area contributed by atoms with Gasteiger partial charge in [0.1, 0.15) is 0 Å². The monoisotopic (exact) mass is 929 g/mol. The average molecular weight is 929 g/mol. The Balaban J connectivity index is 1.25. The van der Waals surface area contributed by atoms with E-state index in [4.69, 9.17) is 0 Å². The molecule has 6 aliphatic rings. The molecule has 0 unspecified atom stereocenters. The van der Waals surface area contributed by atoms with Gasteiger partial charge in [-0.15, -0.1) is 0 Å². The molecule has 0 amide bonds. The summed E-state index contributed by atoms with van der Waals surface area (Å²) in [5.74, 6) is 0.958. The van der Waals surface area contributed by atoms with Crippen LogP contribution in [0.3, 0.4) is 0 Å². The molecule has 1 spiro atoms. The van der Waals surface area contributed by atoms with Gasteiger partial charge in [-0.3, -0.25) is 0 Å². The molecule has 2 fully saturated rings. The topological polar surface area (TPSA) is 11.4 Å². The van der Waals surface area contributed by atoms with Crippen molar-refractivity contribution >= 4 is 68.3 Å². The van der Waals surface area contributed by atoms with E-state index in [9.17, 15) is 12.3 Å². The second-order valence-electron chi connectivity index (χ2n) is 25.7. The van der Waals surface area contributed by atoms with Crippen LogP contribution in [0.25, 0.3) is 22.0 Å². The zero-order valence-electron chi connectivity index (χ0n) is 52.2. The van der Waals surface area contributed by atoms with Crippen molar-refractivity contribution < 1.29 is 12.3 Å². The number of fused-ring (bicyclic) bond motifs is 10. The highest BCUT2D eigenvalue weighted by molar-refractivity contribution is 7.00. The lowest BCUT2D eigenvalue weighted by Gasteiger charge is -2.46. The van der Waals surface area contributed by atoms with Crippen LogP contribution < -0.4 is 26.3 Å². The highest BCUT2D eigenvalue weighted by Crippen LogP contribution is 2.69. The van der Waals surface area contributed by atoms with Crippen molar-refractivity contribution in [3.8, 4) is 11.1 Å². The van der Waals surface area contributed by atoms with Gasteiger partial charge in [-0.2, -0.15) is 0 Å². The van der Waals surface area contributed by atoms with E-state index in [0.717, 1.165) is 105 Å². The standard InChI is InChI=1S/C66H74BN3/c1-61(2,3)41-26-30-52-46(34-41)59-60(68(52)14)67-51-35-42(62(4,5)6)27-31-53(51)69(44-28-29-48-50(38-44)65(12,13)33-32-64(48,10)11)55-36-43(63(7,8)9)37-56(58(55)67)70(59)54-21-17-20-49-57(54)45-18-15-16-19-47(45)66(49)39-22-23-40(66)25-24-39/h15-21,26-31,34-40H,22-25,32-33H2,1-14H3/i7D3,8D3,9D3. The maximum Gasteiger partial charge on any atom is 0.272 e. The van der Waals surface area contributed by atoms with Crippen LogP contribution in [0.5, 0.6) is 0 Å². The van der Waals surface area contributed by atoms with Crippen molar-refractivity contribution in [3.63, 3.8) is 0 Å². The summed E-state index contributed by atoms with van der Waals surface area (Å²) in [7, 11) is 2.17. The Bertz CT molecular complexity index is 3690. The van der Waals surface area contributed by atoms with E-state index in [1.54, 1.807) is 12.1 Å². The summed E-state index contributed by atoms with van der Waals surface area (Å²) < 4.78 is 86.3. The van der Waals surface area contributed by atoms with Gasteiger partial charge < -0.3 is 14.4 Å². The van der Waals surface area contributed by atoms with Gasteiger partial charge in [0.25, 0.3) is 6.71 Å². The minimum Gasteiger partial charge on any atom is -0.353 e. The van der Waals surface area contributed by atoms with E-state index in [1.807, 2.05) is 0 Å². The first-order chi connectivity index (χ1) is 36.8. The number of anilines is 6. The van der Waals surface area contributed by atoms with E-state index >= 15 is 0 Å². The Morgan fingerprint density at radius 3 is 1.87 bits per heavy atom. The summed E-state index contributed by atoms with van der Waals surface area (Å²) in [6.45, 7) is 11.6. The van der Waals surface area contributed by atoms with Crippen molar-refractivity contribution in [2.24, 2.45) is 18.9 Å². The van der Waals surface area contributed by atoms with Crippen LogP contribution in [0.15, 0.2) is 109 Å². The molecule has 3 nitrogen and oxygen atoms in total. The molecule has 4 heteroatoms. The molecule has 13 rings (SSSR count). The Kier molecular flexibility index (Phi) is 7.19. The molecule has 2 saturated carbocycles. The van der Waals surface area contributed by atoms with Gasteiger partial charge >= 0.3 is 0 Å². The second-order valence-corrected chi connectivity index (χ2v) is 25.7. The SMILES string of the molecule is [2H]C([2H])([2H])C(c1cc2c3c(c1)N(c1cccc4c1-c1ccccc1C41C4CCC1CC4)c1c(n(C)c4ccc(C(C)(C)C)cc14)B3c1cc(C(C)(C)C)ccc1N2c1ccc2c(c1)C(C)(C)CCC2(C)C)(C([2H])([2H])[2H])C([2H])([2H])[2H]. The van der Waals surface area contributed by atoms with E-state index in [2.05, 4.69) is 188 Å². The normalized spacial score (nSPS) is 24.7. The summed E-state index contributed by atoms with van der Waals surface area (Å²) in [6, 6.07) is 39.3. The van der Waals surface area contributed by atoms with Crippen LogP contribution in [0.2, 0.25) is 0 Å². The van der Waals surface area contributed by atoms with Crippen LogP contribution in [0.1, 0.15) is 180 Å². The summed E-state index contributed by atoms with van der Waals surface area (Å²) in [5, 5.41) is 1.01. The quantitative estimate of drug-likeness (QED) is 0.160. The van der Waals surface area contributed by atoms with E-state index in [1.165, 1.54) is 27.8 Å². The zero-order valence-corrected chi connectivity index (χ0v) is 43.2. The smallest absolute Gasteiger partial charge is 0.272 e. The molecule has 4 aliphatic carbocycles. The molecule has 1 aromatic heterocycles. The molecule has 2 bridgehead atoms. The van der Waals surface area contributed by atoms with Gasteiger partial charge in [0.15, 0.2) is 0 Å². The highest BCUT2D eigenvalue weighted by atomic mass is 15.2. The molecular weight excluding hydrogens is 846 g/mol. The van der Waals surface area contributed by atoms with Gasteiger partial charge in [-0.1, -0.05) is 150 Å². The molecule has 0 atom stereocenters. The Morgan fingerprint density at radius 2 is 1.19 bits per heavy atom. The summed E-state index contributed by atoms with van der Waals surface area (Å²) >= 11 is 0. The molecular formula is C66H74BN3. The Hall–Kier alpha value is -5.48. The van der Waals surface area contributed by atoms with Gasteiger partial charge in [-0.25, -0.2) is 0 Å². The van der Waals surface area contributed by atoms with Crippen molar-refractivity contribution in [2.75, 3.05) is 9.80 Å². The molecule has 2 aliphatic heterocycles. The van der Waals surface area contributed by atoms with E-state index < -0.39 is 32.7 Å². The van der Waals surface area contributed by atoms with Crippen LogP contribution in [-0.4, -0.2) is 11.3 Å². The van der Waals surface area contributed by atoms with Gasteiger partial charge in [0.2, 0.25) is 0 Å². The van der Waals surface area contributed by atoms with E-state index in [-0.39, 0.29) is 32.6 Å². The average Bonchev–Trinajstić information content (AvgIpc) is 3.58. The van der Waals surface area contributed by atoms with Crippen LogP contribution in [0.4, 0.5) is 34.1 Å². The highest BCUT2D eigenvalue weighted by Gasteiger charge is 2.60. The lowest BCUT2D eigenvalue weighted by atomic mass is 9.34. The number of rotatable bonds is 2. The molecule has 6 aromatic carbocycles. The lowest BCUT2D eigenvalue weighted by molar-refractivity contribution is 0.332. The molecule has 356 valence electrons. The molecule has 3 heterocycles. The van der Waals surface area contributed by atoms with Gasteiger partial charge in [0, 0.05) is 69.6 Å². The third kappa shape index (κ3) is 5.83. The lowest BCUT2D eigenvalue weighted by Crippen LogP contribution is -2.63. The Labute approximate surface area is 432 Å². The predicted octanol–water partition coefficient (Wildman–Crippen LogP) is 15.6. The van der Waals surface area contributed by atoms with Crippen molar-refractivity contribution in [1.29, 1.82) is 0 Å². The molecule has 0 saturated heterocycles. The van der Waals surface area contributed by atoms with Crippen LogP contribution >= 0.6 is 0 Å². The van der Waals surface area contributed by atoms with Crippen molar-refractivity contribution in [3.05, 3.63) is 148 Å². The summed E-state index contributed by atoms with van der Waals surface area (Å²) in [4.78, 5) is 4.54. The van der Waals surface area contributed by atoms with Crippen LogP contribution in [-0.2, 0) is 39.5 Å². The first kappa shape index (κ1) is 35.6. The van der Waals surface area contributed by atoms with Gasteiger partial charge in [-0.05, 0) is 181 Å². The van der Waals surface area contributed by atoms with Crippen LogP contribution in [0, 0.1) is 11.8 Å². The van der Waals surface area contributed by atoms with Crippen molar-refractivity contribution in [2.45, 2.75) is 161 Å². The summed E-state index contributed by atoms with van der Waals surface area (Å²) in [6.07, 6.45) is 6.67. The number of aromatic nitrogens is 1. The number of hydrogen-bond acceptors (Lipinski definition) is 2. The molecule has 7 aromatic rings. The number of aryl methyl sites for hydroxylation is 1. The number of nitrogens with zero attached hydrogens (tertiary/aromatic N) is 3. The predicted molar refractivity (Wildman–Crippen MR) is 300 cm³/mol. The first-order valence-corrected chi connectivity index (χ1v) is 26.2. The second kappa shape index (κ2) is 14.1. The summed E-state index contributed by atoms with van der Waals surface area (Å²) in [5.41, 5.74) is 14.0. The molecule has 70 heavy (non-hydrogen) atoms. The van der Waals surface area contributed by atoms with Crippen molar-refractivity contribution in [1.82, 2.24) is 4.57 Å². The third-order valence-electron chi connectivity index (χ3n) is 18.8. The van der Waals surface area contributed by atoms with E-state index in [0.29, 0.717) is 23.2 Å². The number of hydrogen-bond donors (Lipinski definition) is 0. The minimum absolute atomic E-state index is 0.0861. The molecule has 0 radical (unpaired) electrons. The fourth-order valence-electron chi connectivity index (χ4n) is 15.1. The fraction of sp³-hybridized carbons (Fsp3) is 0.424. The first-order valence-electron chi connectivity index (χ1n) is 30.7. The maximum absolute atomic E-state index is 9.33. The molecule has 0 N–H and O–H groups in total. The zero-order chi connectivity index (χ0) is 56.5. The third-order valence-corrected chi connectivity index (χ3v) is 18.8. The fourth-order valence-corrected chi connectivity index (χ4v) is 15.1. The maximum atomic E-state index is 9.33. The Morgan fingerprint density at radius 1 is 0.557 bits per heavy atom.